The fourth-order valence-corrected chi connectivity index (χ4v) is 8.30. The van der Waals surface area contributed by atoms with Gasteiger partial charge in [-0.1, -0.05) is 206 Å². The van der Waals surface area contributed by atoms with Gasteiger partial charge in [-0.3, -0.25) is 23.4 Å². The third-order valence-corrected chi connectivity index (χ3v) is 13.0. The van der Waals surface area contributed by atoms with Gasteiger partial charge in [-0.25, -0.2) is 4.57 Å². The summed E-state index contributed by atoms with van der Waals surface area (Å²) in [5.74, 6) is -1.56. The van der Waals surface area contributed by atoms with Crippen molar-refractivity contribution in [2.45, 2.75) is 238 Å². The van der Waals surface area contributed by atoms with Crippen molar-refractivity contribution >= 4 is 25.7 Å². The van der Waals surface area contributed by atoms with Crippen LogP contribution in [-0.4, -0.2) is 66.5 Å². The fourth-order valence-electron chi connectivity index (χ4n) is 7.52. The zero-order chi connectivity index (χ0) is 56.9. The molecule has 0 fully saturated rings. The predicted molar refractivity (Wildman–Crippen MR) is 325 cm³/mol. The lowest BCUT2D eigenvalue weighted by atomic mass is 10.1. The second-order valence-corrected chi connectivity index (χ2v) is 20.8. The molecule has 0 heterocycles. The summed E-state index contributed by atoms with van der Waals surface area (Å²) < 4.78 is 39.5. The van der Waals surface area contributed by atoms with Crippen molar-refractivity contribution in [2.24, 2.45) is 0 Å². The Balaban J connectivity index is 4.81. The maximum absolute atomic E-state index is 12.9. The van der Waals surface area contributed by atoms with Gasteiger partial charge in [0.05, 0.1) is 19.8 Å². The molecule has 12 heteroatoms. The minimum absolute atomic E-state index is 0.117. The molecule has 0 rings (SSSR count). The van der Waals surface area contributed by atoms with Gasteiger partial charge in [-0.2, -0.15) is 0 Å². The number of phosphoric ester groups is 1. The molecular weight excluding hydrogens is 1000 g/mol. The predicted octanol–water partition coefficient (Wildman–Crippen LogP) is 18.1. The van der Waals surface area contributed by atoms with E-state index < -0.39 is 57.8 Å². The molecule has 0 aliphatic rings. The number of ether oxygens (including phenoxy) is 3. The number of hydrogen-bond acceptors (Lipinski definition) is 10. The number of carbonyl (C=O) groups is 3. The molecule has 0 spiro atoms. The van der Waals surface area contributed by atoms with Gasteiger partial charge < -0.3 is 24.2 Å². The highest BCUT2D eigenvalue weighted by Gasteiger charge is 2.28. The van der Waals surface area contributed by atoms with Crippen molar-refractivity contribution < 1.29 is 52.2 Å². The van der Waals surface area contributed by atoms with Crippen LogP contribution >= 0.6 is 7.82 Å². The summed E-state index contributed by atoms with van der Waals surface area (Å²) in [6.07, 6.45) is 74.0. The maximum atomic E-state index is 12.9. The Morgan fingerprint density at radius 3 is 1.05 bits per heavy atom. The molecule has 78 heavy (non-hydrogen) atoms. The number of esters is 3. The second-order valence-electron chi connectivity index (χ2n) is 19.4. The van der Waals surface area contributed by atoms with Gasteiger partial charge in [0.25, 0.3) is 0 Å². The molecule has 442 valence electrons. The van der Waals surface area contributed by atoms with E-state index in [-0.39, 0.29) is 25.9 Å². The van der Waals surface area contributed by atoms with Gasteiger partial charge in [0, 0.05) is 19.3 Å². The SMILES string of the molecule is CC/C=C\C/C=C\C/C=C\C/C=C\C/C=C\CCCCCC(=O)OC(CO)COP(=O)(O)OCC(COC(=O)CCCCCCC/C=C\CCCCCC)OC(=O)CCCCC/C=C\C/C=C\C/C=C\C/C=C\C/C=C\CC. The molecule has 0 aromatic heterocycles. The van der Waals surface area contributed by atoms with E-state index in [0.717, 1.165) is 141 Å². The number of carbonyl (C=O) groups excluding carboxylic acids is 3. The number of rotatable bonds is 54. The van der Waals surface area contributed by atoms with Crippen LogP contribution in [0.2, 0.25) is 0 Å². The van der Waals surface area contributed by atoms with Crippen molar-refractivity contribution in [2.75, 3.05) is 26.4 Å². The van der Waals surface area contributed by atoms with Gasteiger partial charge in [-0.05, 0) is 135 Å². The standard InChI is InChI=1S/C66H107O11P/c1-4-7-10-13-16-19-22-25-27-29-31-33-35-38-41-44-47-50-53-56-65(69)76-62(58-67)60-74-78(71,72)75-61-63(59-73-64(68)55-52-49-46-43-40-37-24-21-18-15-12-9-6-3)77-66(70)57-54-51-48-45-42-39-36-34-32-30-28-26-23-20-17-14-11-8-5-2/h7-8,10-11,16-17,19-21,24-28,31-34,38-39,41-42,62-63,67H,4-6,9,12-15,18,22-23,29-30,35-37,40,43-61H2,1-3H3,(H,71,72)/b10-7-,11-8-,19-16-,20-17-,24-21-,27-25-,28-26-,33-31-,34-32-,41-38-,42-39-. The van der Waals surface area contributed by atoms with Crippen LogP contribution in [0.5, 0.6) is 0 Å². The normalized spacial score (nSPS) is 14.3. The zero-order valence-electron chi connectivity index (χ0n) is 48.8. The largest absolute Gasteiger partial charge is 0.472 e. The monoisotopic (exact) mass is 1110 g/mol. The molecule has 0 aliphatic carbocycles. The average molecular weight is 1110 g/mol. The molecule has 3 unspecified atom stereocenters. The molecule has 0 aliphatic heterocycles. The topological polar surface area (TPSA) is 155 Å². The van der Waals surface area contributed by atoms with E-state index >= 15 is 0 Å². The van der Waals surface area contributed by atoms with Crippen molar-refractivity contribution in [3.05, 3.63) is 134 Å². The van der Waals surface area contributed by atoms with Crippen molar-refractivity contribution in [1.82, 2.24) is 0 Å². The Hall–Kier alpha value is -4.38. The molecule has 3 atom stereocenters. The van der Waals surface area contributed by atoms with Gasteiger partial charge in [-0.15, -0.1) is 0 Å². The summed E-state index contributed by atoms with van der Waals surface area (Å²) in [5, 5.41) is 9.83. The van der Waals surface area contributed by atoms with Crippen LogP contribution in [0.4, 0.5) is 0 Å². The maximum Gasteiger partial charge on any atom is 0.472 e. The van der Waals surface area contributed by atoms with Gasteiger partial charge in [0.1, 0.15) is 12.7 Å². The van der Waals surface area contributed by atoms with Gasteiger partial charge >= 0.3 is 25.7 Å². The molecule has 0 aromatic carbocycles. The third kappa shape index (κ3) is 56.3. The molecule has 2 N–H and O–H groups in total. The molecule has 0 saturated heterocycles. The van der Waals surface area contributed by atoms with Crippen LogP contribution < -0.4 is 0 Å². The van der Waals surface area contributed by atoms with Crippen LogP contribution in [0.25, 0.3) is 0 Å². The quantitative estimate of drug-likeness (QED) is 0.0197. The first-order chi connectivity index (χ1) is 38.2. The summed E-state index contributed by atoms with van der Waals surface area (Å²) in [4.78, 5) is 48.6. The molecule has 11 nitrogen and oxygen atoms in total. The number of phosphoric acid groups is 1. The van der Waals surface area contributed by atoms with Crippen LogP contribution in [0, 0.1) is 0 Å². The Morgan fingerprint density at radius 2 is 0.667 bits per heavy atom. The highest BCUT2D eigenvalue weighted by Crippen LogP contribution is 2.43. The van der Waals surface area contributed by atoms with E-state index in [0.29, 0.717) is 19.3 Å². The lowest BCUT2D eigenvalue weighted by Crippen LogP contribution is -2.30. The minimum atomic E-state index is -4.78. The first-order valence-corrected chi connectivity index (χ1v) is 31.6. The van der Waals surface area contributed by atoms with E-state index in [1.807, 2.05) is 0 Å². The highest BCUT2D eigenvalue weighted by atomic mass is 31.2. The zero-order valence-corrected chi connectivity index (χ0v) is 49.7. The lowest BCUT2D eigenvalue weighted by Gasteiger charge is -2.21. The van der Waals surface area contributed by atoms with Crippen LogP contribution in [0.3, 0.4) is 0 Å². The van der Waals surface area contributed by atoms with E-state index in [1.165, 1.54) is 25.7 Å². The Kier molecular flexibility index (Phi) is 55.5. The average Bonchev–Trinajstić information content (AvgIpc) is 3.43. The number of hydrogen-bond donors (Lipinski definition) is 2. The van der Waals surface area contributed by atoms with Crippen molar-refractivity contribution in [1.29, 1.82) is 0 Å². The molecular formula is C66H107O11P. The number of aliphatic hydroxyl groups is 1. The van der Waals surface area contributed by atoms with E-state index in [9.17, 15) is 28.9 Å². The van der Waals surface area contributed by atoms with E-state index in [4.69, 9.17) is 23.3 Å². The number of aliphatic hydroxyl groups excluding tert-OH is 1. The number of unbranched alkanes of at least 4 members (excludes halogenated alkanes) is 15. The summed E-state index contributed by atoms with van der Waals surface area (Å²) in [7, 11) is -4.78. The fraction of sp³-hybridized carbons (Fsp3) is 0.621. The Morgan fingerprint density at radius 1 is 0.372 bits per heavy atom. The second kappa shape index (κ2) is 58.8. The van der Waals surface area contributed by atoms with E-state index in [1.54, 1.807) is 0 Å². The summed E-state index contributed by atoms with van der Waals surface area (Å²) in [6, 6.07) is 0. The molecule has 0 bridgehead atoms. The summed E-state index contributed by atoms with van der Waals surface area (Å²) in [6.45, 7) is 4.30. The minimum Gasteiger partial charge on any atom is -0.462 e. The first kappa shape index (κ1) is 73.6. The molecule has 0 aromatic rings. The summed E-state index contributed by atoms with van der Waals surface area (Å²) in [5.41, 5.74) is 0. The lowest BCUT2D eigenvalue weighted by molar-refractivity contribution is -0.161. The first-order valence-electron chi connectivity index (χ1n) is 30.1. The van der Waals surface area contributed by atoms with Gasteiger partial charge in [0.2, 0.25) is 0 Å². The van der Waals surface area contributed by atoms with Crippen molar-refractivity contribution in [3.8, 4) is 0 Å². The molecule has 0 radical (unpaired) electrons. The Bertz CT molecular complexity index is 1820. The third-order valence-electron chi connectivity index (χ3n) is 12.0. The molecule has 0 saturated carbocycles. The summed E-state index contributed by atoms with van der Waals surface area (Å²) >= 11 is 0. The van der Waals surface area contributed by atoms with Crippen molar-refractivity contribution in [3.63, 3.8) is 0 Å². The van der Waals surface area contributed by atoms with Crippen LogP contribution in [0.1, 0.15) is 226 Å². The Labute approximate surface area is 474 Å². The van der Waals surface area contributed by atoms with Crippen LogP contribution in [0.15, 0.2) is 134 Å². The highest BCUT2D eigenvalue weighted by molar-refractivity contribution is 7.47. The smallest absolute Gasteiger partial charge is 0.462 e. The van der Waals surface area contributed by atoms with Gasteiger partial charge in [0.15, 0.2) is 6.10 Å². The van der Waals surface area contributed by atoms with E-state index in [2.05, 4.69) is 154 Å². The molecule has 0 amide bonds. The van der Waals surface area contributed by atoms with Crippen LogP contribution in [-0.2, 0) is 42.2 Å². The number of allylic oxidation sites excluding steroid dienone is 22.